The van der Waals surface area contributed by atoms with E-state index >= 15 is 0 Å². The number of carbonyl (C=O) groups excluding carboxylic acids is 1. The van der Waals surface area contributed by atoms with E-state index in [9.17, 15) is 4.79 Å². The van der Waals surface area contributed by atoms with E-state index in [1.165, 1.54) is 0 Å². The lowest BCUT2D eigenvalue weighted by Crippen LogP contribution is -2.33. The predicted octanol–water partition coefficient (Wildman–Crippen LogP) is 7.38. The van der Waals surface area contributed by atoms with Gasteiger partial charge in [0.05, 0.1) is 12.3 Å². The Hall–Kier alpha value is -2.45. The van der Waals surface area contributed by atoms with E-state index in [-0.39, 0.29) is 5.91 Å². The minimum absolute atomic E-state index is 0.138. The molecule has 0 fully saturated rings. The molecule has 168 valence electrons. The topological polar surface area (TPSA) is 41.9 Å². The standard InChI is InChI=1S/C27H24BrIN2O2/c1-3-4-15-33-23-12-7-20(8-13-23)26-30-24(17-19-5-9-21(28)10-6-19)27(32)31(26)25-14-11-22(29)16-18(25)2/h5-14,16-17H,3-4,15H2,1-2H3. The van der Waals surface area contributed by atoms with Gasteiger partial charge in [-0.3, -0.25) is 9.69 Å². The summed E-state index contributed by atoms with van der Waals surface area (Å²) >= 11 is 5.74. The number of hydrogen-bond donors (Lipinski definition) is 0. The first-order valence-electron chi connectivity index (χ1n) is 10.9. The van der Waals surface area contributed by atoms with Gasteiger partial charge in [0.2, 0.25) is 0 Å². The number of amides is 1. The summed E-state index contributed by atoms with van der Waals surface area (Å²) in [4.78, 5) is 20.0. The van der Waals surface area contributed by atoms with Gasteiger partial charge in [-0.05, 0) is 108 Å². The van der Waals surface area contributed by atoms with E-state index < -0.39 is 0 Å². The van der Waals surface area contributed by atoms with Gasteiger partial charge < -0.3 is 4.74 Å². The van der Waals surface area contributed by atoms with Crippen LogP contribution in [0, 0.1) is 10.5 Å². The van der Waals surface area contributed by atoms with Gasteiger partial charge in [0, 0.05) is 13.6 Å². The van der Waals surface area contributed by atoms with E-state index in [1.807, 2.05) is 73.7 Å². The zero-order valence-electron chi connectivity index (χ0n) is 18.5. The van der Waals surface area contributed by atoms with E-state index in [1.54, 1.807) is 4.90 Å². The first-order valence-corrected chi connectivity index (χ1v) is 12.7. The van der Waals surface area contributed by atoms with Crippen molar-refractivity contribution < 1.29 is 9.53 Å². The number of anilines is 1. The van der Waals surface area contributed by atoms with Crippen molar-refractivity contribution in [2.24, 2.45) is 4.99 Å². The number of hydrogen-bond acceptors (Lipinski definition) is 3. The predicted molar refractivity (Wildman–Crippen MR) is 147 cm³/mol. The van der Waals surface area contributed by atoms with Crippen LogP contribution >= 0.6 is 38.5 Å². The highest BCUT2D eigenvalue weighted by Gasteiger charge is 2.33. The van der Waals surface area contributed by atoms with Gasteiger partial charge in [0.15, 0.2) is 0 Å². The fourth-order valence-corrected chi connectivity index (χ4v) is 4.47. The average molecular weight is 615 g/mol. The van der Waals surface area contributed by atoms with E-state index in [2.05, 4.69) is 51.5 Å². The van der Waals surface area contributed by atoms with Crippen molar-refractivity contribution in [3.05, 3.63) is 97.2 Å². The summed E-state index contributed by atoms with van der Waals surface area (Å²) in [7, 11) is 0. The largest absolute Gasteiger partial charge is 0.494 e. The lowest BCUT2D eigenvalue weighted by atomic mass is 10.1. The molecule has 0 N–H and O–H groups in total. The zero-order chi connectivity index (χ0) is 23.4. The van der Waals surface area contributed by atoms with Crippen LogP contribution in [0.3, 0.4) is 0 Å². The summed E-state index contributed by atoms with van der Waals surface area (Å²) in [6.45, 7) is 4.86. The number of halogens is 2. The second-order valence-corrected chi connectivity index (χ2v) is 9.98. The van der Waals surface area contributed by atoms with Crippen LogP contribution in [-0.2, 0) is 4.79 Å². The molecule has 0 unspecified atom stereocenters. The monoisotopic (exact) mass is 614 g/mol. The summed E-state index contributed by atoms with van der Waals surface area (Å²) in [5.74, 6) is 1.30. The molecule has 0 saturated heterocycles. The maximum atomic E-state index is 13.5. The lowest BCUT2D eigenvalue weighted by molar-refractivity contribution is -0.113. The second kappa shape index (κ2) is 10.7. The normalized spacial score (nSPS) is 14.7. The summed E-state index contributed by atoms with van der Waals surface area (Å²) in [5.41, 5.74) is 4.05. The van der Waals surface area contributed by atoms with Crippen LogP contribution < -0.4 is 9.64 Å². The minimum atomic E-state index is -0.138. The number of nitrogens with zero attached hydrogens (tertiary/aromatic N) is 2. The Kier molecular flexibility index (Phi) is 7.65. The third-order valence-corrected chi connectivity index (χ3v) is 6.51. The van der Waals surface area contributed by atoms with E-state index in [0.717, 1.165) is 49.0 Å². The number of benzene rings is 3. The van der Waals surface area contributed by atoms with Gasteiger partial charge in [0.25, 0.3) is 5.91 Å². The van der Waals surface area contributed by atoms with Crippen LogP contribution in [0.15, 0.2) is 81.9 Å². The van der Waals surface area contributed by atoms with E-state index in [0.29, 0.717) is 18.1 Å². The number of aliphatic imine (C=N–C) groups is 1. The van der Waals surface area contributed by atoms with Gasteiger partial charge in [-0.15, -0.1) is 0 Å². The van der Waals surface area contributed by atoms with Crippen molar-refractivity contribution >= 4 is 62.0 Å². The van der Waals surface area contributed by atoms with Crippen LogP contribution in [0.2, 0.25) is 0 Å². The van der Waals surface area contributed by atoms with Gasteiger partial charge in [0.1, 0.15) is 17.3 Å². The molecular formula is C27H24BrIN2O2. The van der Waals surface area contributed by atoms with Crippen molar-refractivity contribution in [2.45, 2.75) is 26.7 Å². The van der Waals surface area contributed by atoms with Gasteiger partial charge in [-0.25, -0.2) is 4.99 Å². The molecule has 4 nitrogen and oxygen atoms in total. The highest BCUT2D eigenvalue weighted by Crippen LogP contribution is 2.31. The number of amidine groups is 1. The smallest absolute Gasteiger partial charge is 0.282 e. The molecule has 0 bridgehead atoms. The molecule has 1 aliphatic heterocycles. The molecular weight excluding hydrogens is 591 g/mol. The highest BCUT2D eigenvalue weighted by atomic mass is 127. The number of carbonyl (C=O) groups is 1. The summed E-state index contributed by atoms with van der Waals surface area (Å²) < 4.78 is 7.92. The highest BCUT2D eigenvalue weighted by molar-refractivity contribution is 14.1. The summed E-state index contributed by atoms with van der Waals surface area (Å²) in [5, 5.41) is 0. The van der Waals surface area contributed by atoms with Gasteiger partial charge in [-0.1, -0.05) is 41.4 Å². The number of rotatable bonds is 7. The molecule has 0 aromatic heterocycles. The summed E-state index contributed by atoms with van der Waals surface area (Å²) in [6, 6.07) is 21.7. The Morgan fingerprint density at radius 2 is 1.79 bits per heavy atom. The molecule has 1 aliphatic rings. The van der Waals surface area contributed by atoms with Crippen molar-refractivity contribution in [2.75, 3.05) is 11.5 Å². The molecule has 33 heavy (non-hydrogen) atoms. The molecule has 0 spiro atoms. The van der Waals surface area contributed by atoms with Crippen LogP contribution in [0.25, 0.3) is 6.08 Å². The van der Waals surface area contributed by atoms with Crippen molar-refractivity contribution in [1.29, 1.82) is 0 Å². The Labute approximate surface area is 216 Å². The second-order valence-electron chi connectivity index (χ2n) is 7.81. The van der Waals surface area contributed by atoms with Crippen molar-refractivity contribution in [3.63, 3.8) is 0 Å². The van der Waals surface area contributed by atoms with Gasteiger partial charge >= 0.3 is 0 Å². The molecule has 1 heterocycles. The molecule has 0 atom stereocenters. The number of unbranched alkanes of at least 4 members (excludes halogenated alkanes) is 1. The fraction of sp³-hybridized carbons (Fsp3) is 0.185. The summed E-state index contributed by atoms with van der Waals surface area (Å²) in [6.07, 6.45) is 3.95. The Balaban J connectivity index is 1.73. The van der Waals surface area contributed by atoms with Crippen molar-refractivity contribution in [3.8, 4) is 5.75 Å². The first kappa shape index (κ1) is 23.7. The molecule has 1 amide bonds. The Bertz CT molecular complexity index is 1220. The SMILES string of the molecule is CCCCOc1ccc(C2=NC(=Cc3ccc(Br)cc3)C(=O)N2c2ccc(I)cc2C)cc1. The van der Waals surface area contributed by atoms with Crippen LogP contribution in [0.5, 0.6) is 5.75 Å². The molecule has 4 rings (SSSR count). The van der Waals surface area contributed by atoms with Crippen LogP contribution in [0.4, 0.5) is 5.69 Å². The fourth-order valence-electron chi connectivity index (χ4n) is 3.56. The van der Waals surface area contributed by atoms with E-state index in [4.69, 9.17) is 9.73 Å². The Morgan fingerprint density at radius 1 is 1.06 bits per heavy atom. The maximum Gasteiger partial charge on any atom is 0.282 e. The van der Waals surface area contributed by atoms with Crippen LogP contribution in [-0.4, -0.2) is 18.3 Å². The van der Waals surface area contributed by atoms with Crippen LogP contribution in [0.1, 0.15) is 36.5 Å². The van der Waals surface area contributed by atoms with Gasteiger partial charge in [-0.2, -0.15) is 0 Å². The van der Waals surface area contributed by atoms with Crippen molar-refractivity contribution in [1.82, 2.24) is 0 Å². The Morgan fingerprint density at radius 3 is 2.45 bits per heavy atom. The lowest BCUT2D eigenvalue weighted by Gasteiger charge is -2.21. The number of ether oxygens (including phenoxy) is 1. The quantitative estimate of drug-likeness (QED) is 0.158. The molecule has 0 saturated carbocycles. The molecule has 0 radical (unpaired) electrons. The first-order chi connectivity index (χ1) is 16.0. The molecule has 6 heteroatoms. The minimum Gasteiger partial charge on any atom is -0.494 e. The third-order valence-electron chi connectivity index (χ3n) is 5.31. The zero-order valence-corrected chi connectivity index (χ0v) is 22.3. The average Bonchev–Trinajstić information content (AvgIpc) is 3.12. The molecule has 3 aromatic rings. The molecule has 3 aromatic carbocycles. The third kappa shape index (κ3) is 5.55. The number of aryl methyl sites for hydroxylation is 1. The molecule has 0 aliphatic carbocycles. The maximum absolute atomic E-state index is 13.5.